The Morgan fingerprint density at radius 2 is 1.46 bits per heavy atom. The summed E-state index contributed by atoms with van der Waals surface area (Å²) in [6.07, 6.45) is -5.24. The first-order valence-electron chi connectivity index (χ1n) is 11.1. The van der Waals surface area contributed by atoms with Crippen LogP contribution in [0.4, 0.5) is 18.0 Å². The summed E-state index contributed by atoms with van der Waals surface area (Å²) >= 11 is 0. The van der Waals surface area contributed by atoms with Gasteiger partial charge in [-0.15, -0.1) is 0 Å². The van der Waals surface area contributed by atoms with Gasteiger partial charge in [-0.25, -0.2) is 9.59 Å². The molecular formula is C25H25F3N2O5. The summed E-state index contributed by atoms with van der Waals surface area (Å²) in [6, 6.07) is 15.4. The van der Waals surface area contributed by atoms with Crippen molar-refractivity contribution in [3.63, 3.8) is 0 Å². The van der Waals surface area contributed by atoms with Crippen LogP contribution in [-0.2, 0) is 14.3 Å². The summed E-state index contributed by atoms with van der Waals surface area (Å²) in [7, 11) is 0. The summed E-state index contributed by atoms with van der Waals surface area (Å²) in [4.78, 5) is 37.0. The molecule has 2 aromatic carbocycles. The molecule has 10 heteroatoms. The number of hydrogen-bond donors (Lipinski definition) is 3. The monoisotopic (exact) mass is 490 g/mol. The van der Waals surface area contributed by atoms with E-state index in [1.54, 1.807) is 5.32 Å². The molecule has 0 bridgehead atoms. The third-order valence-corrected chi connectivity index (χ3v) is 6.93. The molecule has 0 heterocycles. The van der Waals surface area contributed by atoms with E-state index in [1.807, 2.05) is 48.5 Å². The molecule has 35 heavy (non-hydrogen) atoms. The number of amides is 2. The number of benzene rings is 2. The first kappa shape index (κ1) is 24.6. The fourth-order valence-corrected chi connectivity index (χ4v) is 4.45. The van der Waals surface area contributed by atoms with E-state index >= 15 is 0 Å². The molecule has 0 radical (unpaired) electrons. The lowest BCUT2D eigenvalue weighted by Gasteiger charge is -2.35. The average Bonchev–Trinajstić information content (AvgIpc) is 3.60. The van der Waals surface area contributed by atoms with Crippen LogP contribution in [0.25, 0.3) is 11.1 Å². The Balaban J connectivity index is 1.48. The van der Waals surface area contributed by atoms with E-state index in [1.165, 1.54) is 6.92 Å². The average molecular weight is 490 g/mol. The Bertz CT molecular complexity index is 1130. The minimum absolute atomic E-state index is 0.0440. The van der Waals surface area contributed by atoms with E-state index in [0.29, 0.717) is 19.8 Å². The van der Waals surface area contributed by atoms with Gasteiger partial charge in [0.05, 0.1) is 0 Å². The summed E-state index contributed by atoms with van der Waals surface area (Å²) in [5, 5.41) is 13.1. The molecule has 2 unspecified atom stereocenters. The van der Waals surface area contributed by atoms with Crippen molar-refractivity contribution in [2.24, 2.45) is 5.92 Å². The smallest absolute Gasteiger partial charge is 0.422 e. The van der Waals surface area contributed by atoms with Gasteiger partial charge in [0.1, 0.15) is 12.1 Å². The van der Waals surface area contributed by atoms with Crippen molar-refractivity contribution in [3.05, 3.63) is 59.7 Å². The lowest BCUT2D eigenvalue weighted by molar-refractivity contribution is -0.207. The van der Waals surface area contributed by atoms with Crippen molar-refractivity contribution < 1.29 is 37.4 Å². The number of alkyl carbamates (subject to hydrolysis) is 1. The lowest BCUT2D eigenvalue weighted by atomic mass is 9.92. The number of alkyl halides is 3. The predicted molar refractivity (Wildman–Crippen MR) is 120 cm³/mol. The van der Waals surface area contributed by atoms with Crippen LogP contribution in [0.3, 0.4) is 0 Å². The maximum atomic E-state index is 13.4. The molecule has 186 valence electrons. The quantitative estimate of drug-likeness (QED) is 0.539. The molecular weight excluding hydrogens is 465 g/mol. The molecule has 2 aromatic rings. The third kappa shape index (κ3) is 4.33. The number of carbonyl (C=O) groups is 3. The maximum absolute atomic E-state index is 13.4. The predicted octanol–water partition coefficient (Wildman–Crippen LogP) is 4.22. The number of hydrogen-bond acceptors (Lipinski definition) is 4. The highest BCUT2D eigenvalue weighted by Crippen LogP contribution is 2.45. The standard InChI is InChI=1S/C25H25F3N2O5/c1-23(14-11-12-14,20(31)29-24(2,21(32)33)25(26,27)28)30-22(34)35-13-19-17-9-5-3-7-15(17)16-8-4-6-10-18(16)19/h3-10,14,19H,11-13H2,1-2H3,(H,29,31)(H,30,34)(H,32,33). The fraction of sp³-hybridized carbons (Fsp3) is 0.400. The van der Waals surface area contributed by atoms with Gasteiger partial charge in [-0.2, -0.15) is 13.2 Å². The zero-order valence-corrected chi connectivity index (χ0v) is 19.1. The summed E-state index contributed by atoms with van der Waals surface area (Å²) in [5.41, 5.74) is -1.27. The number of carboxylic acid groups (broad SMARTS) is 1. The minimum atomic E-state index is -5.25. The molecule has 2 aliphatic rings. The second kappa shape index (κ2) is 8.58. The van der Waals surface area contributed by atoms with Crippen LogP contribution >= 0.6 is 0 Å². The number of fused-ring (bicyclic) bond motifs is 3. The zero-order chi connectivity index (χ0) is 25.6. The van der Waals surface area contributed by atoms with Gasteiger partial charge in [0.15, 0.2) is 0 Å². The SMILES string of the molecule is CC(NC(=O)OCC1c2ccccc2-c2ccccc21)(C(=O)NC(C)(C(=O)O)C(F)(F)F)C1CC1. The van der Waals surface area contributed by atoms with Gasteiger partial charge >= 0.3 is 18.2 Å². The molecule has 1 saturated carbocycles. The molecule has 0 aliphatic heterocycles. The van der Waals surface area contributed by atoms with Crippen LogP contribution < -0.4 is 10.6 Å². The molecule has 3 N–H and O–H groups in total. The highest BCUT2D eigenvalue weighted by molar-refractivity contribution is 5.95. The molecule has 2 aliphatic carbocycles. The van der Waals surface area contributed by atoms with Crippen LogP contribution in [0, 0.1) is 5.92 Å². The van der Waals surface area contributed by atoms with Crippen LogP contribution in [0.5, 0.6) is 0 Å². The second-order valence-electron chi connectivity index (χ2n) is 9.31. The highest BCUT2D eigenvalue weighted by Gasteiger charge is 2.61. The van der Waals surface area contributed by atoms with E-state index in [-0.39, 0.29) is 12.5 Å². The number of aliphatic carboxylic acids is 1. The van der Waals surface area contributed by atoms with Gasteiger partial charge in [-0.05, 0) is 54.9 Å². The van der Waals surface area contributed by atoms with Gasteiger partial charge in [0.25, 0.3) is 0 Å². The number of carboxylic acids is 1. The molecule has 2 atom stereocenters. The van der Waals surface area contributed by atoms with Crippen molar-refractivity contribution >= 4 is 18.0 Å². The van der Waals surface area contributed by atoms with E-state index in [9.17, 15) is 27.6 Å². The van der Waals surface area contributed by atoms with Crippen molar-refractivity contribution in [1.29, 1.82) is 0 Å². The van der Waals surface area contributed by atoms with E-state index in [0.717, 1.165) is 22.3 Å². The molecule has 0 saturated heterocycles. The van der Waals surface area contributed by atoms with Gasteiger partial charge in [-0.3, -0.25) is 4.79 Å². The molecule has 4 rings (SSSR count). The lowest BCUT2D eigenvalue weighted by Crippen LogP contribution is -2.68. The van der Waals surface area contributed by atoms with Gasteiger partial charge in [-0.1, -0.05) is 48.5 Å². The number of halogens is 3. The van der Waals surface area contributed by atoms with Crippen molar-refractivity contribution in [3.8, 4) is 11.1 Å². The van der Waals surface area contributed by atoms with Crippen LogP contribution in [-0.4, -0.2) is 46.9 Å². The number of rotatable bonds is 7. The van der Waals surface area contributed by atoms with E-state index in [4.69, 9.17) is 9.84 Å². The normalized spacial score (nSPS) is 18.4. The number of carbonyl (C=O) groups excluding carboxylic acids is 2. The highest BCUT2D eigenvalue weighted by atomic mass is 19.4. The Morgan fingerprint density at radius 3 is 1.91 bits per heavy atom. The molecule has 0 aromatic heterocycles. The molecule has 2 amide bonds. The number of ether oxygens (including phenoxy) is 1. The Kier molecular flexibility index (Phi) is 6.02. The fourth-order valence-electron chi connectivity index (χ4n) is 4.45. The van der Waals surface area contributed by atoms with Crippen LogP contribution in [0.15, 0.2) is 48.5 Å². The Labute approximate surface area is 199 Å². The van der Waals surface area contributed by atoms with E-state index in [2.05, 4.69) is 5.32 Å². The van der Waals surface area contributed by atoms with Gasteiger partial charge < -0.3 is 20.5 Å². The number of nitrogens with one attached hydrogen (secondary N) is 2. The Hall–Kier alpha value is -3.56. The summed E-state index contributed by atoms with van der Waals surface area (Å²) in [6.45, 7) is 1.60. The topological polar surface area (TPSA) is 105 Å². The third-order valence-electron chi connectivity index (χ3n) is 6.93. The first-order chi connectivity index (χ1) is 16.4. The van der Waals surface area contributed by atoms with Crippen molar-refractivity contribution in [2.75, 3.05) is 6.61 Å². The molecule has 7 nitrogen and oxygen atoms in total. The van der Waals surface area contributed by atoms with Crippen molar-refractivity contribution in [2.45, 2.75) is 49.9 Å². The van der Waals surface area contributed by atoms with Crippen LogP contribution in [0.2, 0.25) is 0 Å². The second-order valence-corrected chi connectivity index (χ2v) is 9.31. The summed E-state index contributed by atoms with van der Waals surface area (Å²) in [5.74, 6) is -4.18. The van der Waals surface area contributed by atoms with Gasteiger partial charge in [0, 0.05) is 5.92 Å². The molecule has 0 spiro atoms. The maximum Gasteiger partial charge on any atom is 0.422 e. The molecule has 1 fully saturated rings. The minimum Gasteiger partial charge on any atom is -0.479 e. The first-order valence-corrected chi connectivity index (χ1v) is 11.1. The van der Waals surface area contributed by atoms with Gasteiger partial charge in [0.2, 0.25) is 11.4 Å². The van der Waals surface area contributed by atoms with Crippen LogP contribution in [0.1, 0.15) is 43.7 Å². The Morgan fingerprint density at radius 1 is 0.943 bits per heavy atom. The van der Waals surface area contributed by atoms with E-state index < -0.39 is 41.1 Å². The zero-order valence-electron chi connectivity index (χ0n) is 19.1. The van der Waals surface area contributed by atoms with Crippen molar-refractivity contribution in [1.82, 2.24) is 10.6 Å². The summed E-state index contributed by atoms with van der Waals surface area (Å²) < 4.78 is 45.7. The largest absolute Gasteiger partial charge is 0.479 e.